The standard InChI is InChI=1S/C22H23ClN2O3S/c1-15-20(13-26)12-25(24-15)11-16-6-7-18-9-17(10-19(18)8-16)14-29(27,28)22-5-3-2-4-21(22)23/h2-8,12,17,26H,9-11,13-14H2,1H3/t17-/m0/s1. The molecule has 3 aromatic rings. The molecule has 0 aliphatic heterocycles. The van der Waals surface area contributed by atoms with Gasteiger partial charge in [0.1, 0.15) is 0 Å². The van der Waals surface area contributed by atoms with Crippen LogP contribution in [-0.4, -0.2) is 29.1 Å². The number of rotatable bonds is 6. The molecule has 1 atom stereocenters. The average Bonchev–Trinajstić information content (AvgIpc) is 3.23. The Balaban J connectivity index is 1.48. The summed E-state index contributed by atoms with van der Waals surface area (Å²) >= 11 is 6.10. The molecule has 1 aromatic heterocycles. The fourth-order valence-electron chi connectivity index (χ4n) is 4.06. The first kappa shape index (κ1) is 20.1. The molecule has 0 unspecified atom stereocenters. The van der Waals surface area contributed by atoms with E-state index >= 15 is 0 Å². The Labute approximate surface area is 175 Å². The van der Waals surface area contributed by atoms with Crippen LogP contribution in [0.15, 0.2) is 53.6 Å². The number of fused-ring (bicyclic) bond motifs is 1. The van der Waals surface area contributed by atoms with E-state index in [0.29, 0.717) is 6.54 Å². The van der Waals surface area contributed by atoms with Crippen molar-refractivity contribution in [2.24, 2.45) is 5.92 Å². The van der Waals surface area contributed by atoms with E-state index < -0.39 is 9.84 Å². The SMILES string of the molecule is Cc1nn(Cc2ccc3c(c2)C[C@@H](CS(=O)(=O)c2ccccc2Cl)C3)cc1CO. The van der Waals surface area contributed by atoms with E-state index in [4.69, 9.17) is 11.6 Å². The topological polar surface area (TPSA) is 72.2 Å². The highest BCUT2D eigenvalue weighted by Gasteiger charge is 2.28. The van der Waals surface area contributed by atoms with Crippen molar-refractivity contribution in [2.75, 3.05) is 5.75 Å². The van der Waals surface area contributed by atoms with E-state index in [1.54, 1.807) is 24.3 Å². The molecule has 2 aromatic carbocycles. The molecule has 0 saturated carbocycles. The normalized spacial score (nSPS) is 16.2. The largest absolute Gasteiger partial charge is 0.392 e. The summed E-state index contributed by atoms with van der Waals surface area (Å²) in [5.41, 5.74) is 5.19. The Hall–Kier alpha value is -2.15. The van der Waals surface area contributed by atoms with Gasteiger partial charge in [0.15, 0.2) is 9.84 Å². The van der Waals surface area contributed by atoms with Gasteiger partial charge in [-0.2, -0.15) is 5.10 Å². The minimum Gasteiger partial charge on any atom is -0.392 e. The molecule has 5 nitrogen and oxygen atoms in total. The van der Waals surface area contributed by atoms with Crippen molar-refractivity contribution < 1.29 is 13.5 Å². The van der Waals surface area contributed by atoms with Gasteiger partial charge in [-0.05, 0) is 54.5 Å². The molecule has 1 aliphatic rings. The Morgan fingerprint density at radius 3 is 2.66 bits per heavy atom. The van der Waals surface area contributed by atoms with Gasteiger partial charge >= 0.3 is 0 Å². The van der Waals surface area contributed by atoms with Gasteiger partial charge in [-0.3, -0.25) is 4.68 Å². The molecule has 29 heavy (non-hydrogen) atoms. The predicted molar refractivity (Wildman–Crippen MR) is 113 cm³/mol. The highest BCUT2D eigenvalue weighted by Crippen LogP contribution is 2.31. The second-order valence-electron chi connectivity index (χ2n) is 7.68. The third-order valence-corrected chi connectivity index (χ3v) is 7.86. The number of hydrogen-bond donors (Lipinski definition) is 1. The first-order chi connectivity index (χ1) is 13.9. The molecule has 0 amide bonds. The van der Waals surface area contributed by atoms with Crippen molar-refractivity contribution in [3.05, 3.63) is 81.6 Å². The van der Waals surface area contributed by atoms with E-state index in [1.165, 1.54) is 11.1 Å². The van der Waals surface area contributed by atoms with Gasteiger partial charge in [-0.1, -0.05) is 41.9 Å². The lowest BCUT2D eigenvalue weighted by molar-refractivity contribution is 0.281. The molecule has 0 saturated heterocycles. The predicted octanol–water partition coefficient (Wildman–Crippen LogP) is 3.57. The average molecular weight is 431 g/mol. The van der Waals surface area contributed by atoms with Crippen molar-refractivity contribution in [3.8, 4) is 0 Å². The minimum atomic E-state index is -3.43. The lowest BCUT2D eigenvalue weighted by Gasteiger charge is -2.11. The van der Waals surface area contributed by atoms with Crippen LogP contribution in [0.25, 0.3) is 0 Å². The monoisotopic (exact) mass is 430 g/mol. The molecular weight excluding hydrogens is 408 g/mol. The van der Waals surface area contributed by atoms with E-state index in [9.17, 15) is 13.5 Å². The van der Waals surface area contributed by atoms with Gasteiger partial charge in [0.2, 0.25) is 0 Å². The summed E-state index contributed by atoms with van der Waals surface area (Å²) in [6.45, 7) is 2.49. The fourth-order valence-corrected chi connectivity index (χ4v) is 6.23. The van der Waals surface area contributed by atoms with Gasteiger partial charge < -0.3 is 5.11 Å². The third-order valence-electron chi connectivity index (χ3n) is 5.48. The van der Waals surface area contributed by atoms with Gasteiger partial charge in [-0.15, -0.1) is 0 Å². The first-order valence-corrected chi connectivity index (χ1v) is 11.6. The first-order valence-electron chi connectivity index (χ1n) is 9.57. The molecule has 1 aliphatic carbocycles. The smallest absolute Gasteiger partial charge is 0.180 e. The maximum absolute atomic E-state index is 12.8. The van der Waals surface area contributed by atoms with E-state index in [-0.39, 0.29) is 28.2 Å². The number of sulfone groups is 1. The Morgan fingerprint density at radius 1 is 1.17 bits per heavy atom. The minimum absolute atomic E-state index is 0.0163. The second-order valence-corrected chi connectivity index (χ2v) is 10.1. The molecule has 7 heteroatoms. The summed E-state index contributed by atoms with van der Waals surface area (Å²) in [5, 5.41) is 14.1. The summed E-state index contributed by atoms with van der Waals surface area (Å²) in [6, 6.07) is 12.9. The van der Waals surface area contributed by atoms with Crippen LogP contribution in [0.3, 0.4) is 0 Å². The molecule has 152 valence electrons. The van der Waals surface area contributed by atoms with Crippen molar-refractivity contribution in [3.63, 3.8) is 0 Å². The molecule has 1 N–H and O–H groups in total. The molecule has 0 fully saturated rings. The molecule has 0 radical (unpaired) electrons. The third kappa shape index (κ3) is 4.25. The Kier molecular flexibility index (Phi) is 5.51. The molecule has 4 rings (SSSR count). The molecule has 0 spiro atoms. The lowest BCUT2D eigenvalue weighted by Crippen LogP contribution is -2.17. The quantitative estimate of drug-likeness (QED) is 0.648. The summed E-state index contributed by atoms with van der Waals surface area (Å²) in [5.74, 6) is 0.147. The zero-order valence-electron chi connectivity index (χ0n) is 16.2. The van der Waals surface area contributed by atoms with Gasteiger partial charge in [0.05, 0.1) is 34.5 Å². The van der Waals surface area contributed by atoms with Crippen molar-refractivity contribution in [2.45, 2.75) is 37.8 Å². The molecular formula is C22H23ClN2O3S. The Morgan fingerprint density at radius 2 is 1.93 bits per heavy atom. The van der Waals surface area contributed by atoms with Crippen molar-refractivity contribution in [1.29, 1.82) is 0 Å². The number of hydrogen-bond acceptors (Lipinski definition) is 4. The van der Waals surface area contributed by atoms with E-state index in [1.807, 2.05) is 17.8 Å². The maximum atomic E-state index is 12.8. The van der Waals surface area contributed by atoms with Crippen LogP contribution in [-0.2, 0) is 35.8 Å². The zero-order valence-corrected chi connectivity index (χ0v) is 17.7. The van der Waals surface area contributed by atoms with E-state index in [0.717, 1.165) is 29.7 Å². The number of aryl methyl sites for hydroxylation is 1. The summed E-state index contributed by atoms with van der Waals surface area (Å²) in [7, 11) is -3.43. The maximum Gasteiger partial charge on any atom is 0.180 e. The lowest BCUT2D eigenvalue weighted by atomic mass is 10.1. The number of benzene rings is 2. The summed E-state index contributed by atoms with van der Waals surface area (Å²) < 4.78 is 27.5. The number of aromatic nitrogens is 2. The van der Waals surface area contributed by atoms with Crippen LogP contribution >= 0.6 is 11.6 Å². The van der Waals surface area contributed by atoms with Crippen molar-refractivity contribution in [1.82, 2.24) is 9.78 Å². The van der Waals surface area contributed by atoms with Crippen LogP contribution in [0.5, 0.6) is 0 Å². The van der Waals surface area contributed by atoms with Gasteiger partial charge in [0.25, 0.3) is 0 Å². The highest BCUT2D eigenvalue weighted by molar-refractivity contribution is 7.91. The van der Waals surface area contributed by atoms with Gasteiger partial charge in [-0.25, -0.2) is 8.42 Å². The van der Waals surface area contributed by atoms with Crippen LogP contribution in [0.1, 0.15) is 27.9 Å². The number of aliphatic hydroxyl groups is 1. The van der Waals surface area contributed by atoms with E-state index in [2.05, 4.69) is 23.3 Å². The zero-order chi connectivity index (χ0) is 20.6. The fraction of sp³-hybridized carbons (Fsp3) is 0.318. The van der Waals surface area contributed by atoms with Crippen molar-refractivity contribution >= 4 is 21.4 Å². The summed E-state index contributed by atoms with van der Waals surface area (Å²) in [4.78, 5) is 0.215. The van der Waals surface area contributed by atoms with Gasteiger partial charge in [0, 0.05) is 11.8 Å². The molecule has 1 heterocycles. The van der Waals surface area contributed by atoms with Crippen LogP contribution in [0.2, 0.25) is 5.02 Å². The Bertz CT molecular complexity index is 1150. The van der Waals surface area contributed by atoms with Crippen LogP contribution in [0.4, 0.5) is 0 Å². The number of aliphatic hydroxyl groups excluding tert-OH is 1. The number of nitrogens with zero attached hydrogens (tertiary/aromatic N) is 2. The number of halogens is 1. The second kappa shape index (κ2) is 7.94. The van der Waals surface area contributed by atoms with Crippen LogP contribution in [0, 0.1) is 12.8 Å². The van der Waals surface area contributed by atoms with Crippen LogP contribution < -0.4 is 0 Å². The highest BCUT2D eigenvalue weighted by atomic mass is 35.5. The summed E-state index contributed by atoms with van der Waals surface area (Å²) in [6.07, 6.45) is 3.36. The molecule has 0 bridgehead atoms.